The number of methoxy groups -OCH3 is 1. The van der Waals surface area contributed by atoms with E-state index < -0.39 is 4.92 Å². The number of rotatable bonds is 5. The van der Waals surface area contributed by atoms with Crippen LogP contribution in [-0.4, -0.2) is 22.0 Å². The number of imidazole rings is 1. The zero-order chi connectivity index (χ0) is 15.5. The molecule has 1 aromatic heterocycles. The van der Waals surface area contributed by atoms with Crippen molar-refractivity contribution >= 4 is 16.7 Å². The molecule has 0 amide bonds. The number of nitro benzene ring substituents is 1. The lowest BCUT2D eigenvalue weighted by molar-refractivity contribution is -0.384. The van der Waals surface area contributed by atoms with Crippen LogP contribution >= 0.6 is 0 Å². The molecule has 3 rings (SSSR count). The van der Waals surface area contributed by atoms with Crippen molar-refractivity contribution < 1.29 is 14.4 Å². The molecule has 1 heterocycles. The number of H-pyrrole nitrogens is 1. The van der Waals surface area contributed by atoms with Crippen molar-refractivity contribution in [3.8, 4) is 11.5 Å². The first kappa shape index (κ1) is 13.9. The van der Waals surface area contributed by atoms with Crippen molar-refractivity contribution in [1.82, 2.24) is 9.97 Å². The second-order valence-electron chi connectivity index (χ2n) is 4.61. The average molecular weight is 299 g/mol. The largest absolute Gasteiger partial charge is 0.497 e. The van der Waals surface area contributed by atoms with E-state index in [0.717, 1.165) is 0 Å². The molecule has 0 radical (unpaired) electrons. The predicted molar refractivity (Wildman–Crippen MR) is 80.1 cm³/mol. The van der Waals surface area contributed by atoms with Gasteiger partial charge in [-0.2, -0.15) is 0 Å². The van der Waals surface area contributed by atoms with Gasteiger partial charge in [0.2, 0.25) is 0 Å². The van der Waals surface area contributed by atoms with E-state index in [1.807, 2.05) is 18.2 Å². The molecule has 2 aromatic carbocycles. The molecule has 7 nitrogen and oxygen atoms in total. The number of nitrogens with zero attached hydrogens (tertiary/aromatic N) is 2. The van der Waals surface area contributed by atoms with E-state index in [1.54, 1.807) is 19.2 Å². The number of fused-ring (bicyclic) bond motifs is 1. The summed E-state index contributed by atoms with van der Waals surface area (Å²) < 4.78 is 10.8. The monoisotopic (exact) mass is 299 g/mol. The number of benzene rings is 2. The molecule has 0 aliphatic rings. The minimum Gasteiger partial charge on any atom is -0.497 e. The van der Waals surface area contributed by atoms with Gasteiger partial charge in [-0.1, -0.05) is 6.07 Å². The van der Waals surface area contributed by atoms with Gasteiger partial charge in [0, 0.05) is 18.2 Å². The first-order valence-electron chi connectivity index (χ1n) is 6.55. The maximum Gasteiger partial charge on any atom is 0.271 e. The van der Waals surface area contributed by atoms with Gasteiger partial charge in [0.15, 0.2) is 0 Å². The fourth-order valence-electron chi connectivity index (χ4n) is 2.08. The Morgan fingerprint density at radius 1 is 1.23 bits per heavy atom. The topological polar surface area (TPSA) is 90.3 Å². The van der Waals surface area contributed by atoms with E-state index in [0.29, 0.717) is 28.4 Å². The lowest BCUT2D eigenvalue weighted by Crippen LogP contribution is -1.97. The molecule has 0 saturated heterocycles. The molecule has 0 aliphatic carbocycles. The Hall–Kier alpha value is -3.09. The molecule has 0 spiro atoms. The zero-order valence-corrected chi connectivity index (χ0v) is 11.8. The second-order valence-corrected chi connectivity index (χ2v) is 4.61. The van der Waals surface area contributed by atoms with Crippen LogP contribution in [0.3, 0.4) is 0 Å². The van der Waals surface area contributed by atoms with E-state index in [9.17, 15) is 10.1 Å². The molecular weight excluding hydrogens is 286 g/mol. The summed E-state index contributed by atoms with van der Waals surface area (Å²) in [6, 6.07) is 11.7. The van der Waals surface area contributed by atoms with Crippen LogP contribution in [0.15, 0.2) is 42.5 Å². The molecule has 0 fully saturated rings. The minimum atomic E-state index is -0.438. The Morgan fingerprint density at radius 2 is 2.05 bits per heavy atom. The molecule has 0 bridgehead atoms. The first-order valence-corrected chi connectivity index (χ1v) is 6.55. The van der Waals surface area contributed by atoms with Crippen molar-refractivity contribution in [2.45, 2.75) is 6.61 Å². The fourth-order valence-corrected chi connectivity index (χ4v) is 2.08. The van der Waals surface area contributed by atoms with Crippen LogP contribution in [0.2, 0.25) is 0 Å². The minimum absolute atomic E-state index is 0.0245. The van der Waals surface area contributed by atoms with Crippen molar-refractivity contribution in [3.63, 3.8) is 0 Å². The number of hydrogen-bond acceptors (Lipinski definition) is 5. The summed E-state index contributed by atoms with van der Waals surface area (Å²) in [5, 5.41) is 10.8. The summed E-state index contributed by atoms with van der Waals surface area (Å²) in [7, 11) is 1.59. The molecule has 112 valence electrons. The van der Waals surface area contributed by atoms with E-state index in [1.165, 1.54) is 12.1 Å². The highest BCUT2D eigenvalue weighted by Crippen LogP contribution is 2.21. The third kappa shape index (κ3) is 2.83. The highest BCUT2D eigenvalue weighted by molar-refractivity contribution is 5.77. The van der Waals surface area contributed by atoms with Gasteiger partial charge in [0.05, 0.1) is 23.1 Å². The smallest absolute Gasteiger partial charge is 0.271 e. The zero-order valence-electron chi connectivity index (χ0n) is 11.8. The molecule has 0 saturated carbocycles. The number of aromatic nitrogens is 2. The van der Waals surface area contributed by atoms with E-state index in [-0.39, 0.29) is 12.3 Å². The summed E-state index contributed by atoms with van der Waals surface area (Å²) in [4.78, 5) is 17.7. The average Bonchev–Trinajstić information content (AvgIpc) is 2.95. The molecule has 3 aromatic rings. The molecule has 7 heteroatoms. The lowest BCUT2D eigenvalue weighted by atomic mass is 10.3. The van der Waals surface area contributed by atoms with Crippen molar-refractivity contribution in [2.75, 3.05) is 7.11 Å². The third-order valence-corrected chi connectivity index (χ3v) is 3.14. The summed E-state index contributed by atoms with van der Waals surface area (Å²) in [6.07, 6.45) is 0. The number of aromatic amines is 1. The van der Waals surface area contributed by atoms with E-state index in [4.69, 9.17) is 9.47 Å². The number of non-ortho nitro benzene ring substituents is 1. The van der Waals surface area contributed by atoms with Crippen LogP contribution in [0.25, 0.3) is 11.0 Å². The van der Waals surface area contributed by atoms with Crippen molar-refractivity contribution in [2.24, 2.45) is 0 Å². The van der Waals surface area contributed by atoms with Crippen molar-refractivity contribution in [1.29, 1.82) is 0 Å². The second kappa shape index (κ2) is 5.72. The molecule has 1 N–H and O–H groups in total. The standard InChI is InChI=1S/C15H13N3O4/c1-21-11-3-2-4-12(8-11)22-9-15-16-13-6-5-10(18(19)20)7-14(13)17-15/h2-8H,9H2,1H3,(H,16,17). The maximum atomic E-state index is 10.8. The van der Waals surface area contributed by atoms with Crippen LogP contribution in [-0.2, 0) is 6.61 Å². The van der Waals surface area contributed by atoms with Gasteiger partial charge < -0.3 is 14.5 Å². The molecule has 0 unspecified atom stereocenters. The molecule has 22 heavy (non-hydrogen) atoms. The SMILES string of the molecule is COc1cccc(OCc2nc3ccc([N+](=O)[O-])cc3[nH]2)c1. The Labute approximate surface area is 125 Å². The Bertz CT molecular complexity index is 829. The number of nitro groups is 1. The fraction of sp³-hybridized carbons (Fsp3) is 0.133. The maximum absolute atomic E-state index is 10.8. The number of hydrogen-bond donors (Lipinski definition) is 1. The van der Waals surface area contributed by atoms with Gasteiger partial charge >= 0.3 is 0 Å². The van der Waals surface area contributed by atoms with E-state index >= 15 is 0 Å². The molecule has 0 atom stereocenters. The molecule has 0 aliphatic heterocycles. The van der Waals surface area contributed by atoms with Gasteiger partial charge in [0.25, 0.3) is 5.69 Å². The first-order chi connectivity index (χ1) is 10.7. The molecular formula is C15H13N3O4. The third-order valence-electron chi connectivity index (χ3n) is 3.14. The van der Waals surface area contributed by atoms with Crippen LogP contribution in [0.1, 0.15) is 5.82 Å². The van der Waals surface area contributed by atoms with Gasteiger partial charge in [-0.3, -0.25) is 10.1 Å². The highest BCUT2D eigenvalue weighted by atomic mass is 16.6. The Morgan fingerprint density at radius 3 is 2.82 bits per heavy atom. The van der Waals surface area contributed by atoms with Crippen LogP contribution in [0.5, 0.6) is 11.5 Å². The number of ether oxygens (including phenoxy) is 2. The van der Waals surface area contributed by atoms with Crippen LogP contribution < -0.4 is 9.47 Å². The van der Waals surface area contributed by atoms with Gasteiger partial charge in [-0.25, -0.2) is 4.98 Å². The summed E-state index contributed by atoms with van der Waals surface area (Å²) in [5.74, 6) is 1.96. The van der Waals surface area contributed by atoms with E-state index in [2.05, 4.69) is 9.97 Å². The van der Waals surface area contributed by atoms with Gasteiger partial charge in [-0.15, -0.1) is 0 Å². The number of nitrogens with one attached hydrogen (secondary N) is 1. The summed E-state index contributed by atoms with van der Waals surface area (Å²) in [6.45, 7) is 0.232. The predicted octanol–water partition coefficient (Wildman–Crippen LogP) is 3.06. The normalized spacial score (nSPS) is 10.6. The van der Waals surface area contributed by atoms with Crippen LogP contribution in [0.4, 0.5) is 5.69 Å². The van der Waals surface area contributed by atoms with Gasteiger partial charge in [0.1, 0.15) is 23.9 Å². The Kier molecular flexibility index (Phi) is 3.61. The Balaban J connectivity index is 1.77. The quantitative estimate of drug-likeness (QED) is 0.577. The summed E-state index contributed by atoms with van der Waals surface area (Å²) >= 11 is 0. The lowest BCUT2D eigenvalue weighted by Gasteiger charge is -2.05. The summed E-state index contributed by atoms with van der Waals surface area (Å²) in [5.41, 5.74) is 1.30. The van der Waals surface area contributed by atoms with Crippen molar-refractivity contribution in [3.05, 3.63) is 58.4 Å². The van der Waals surface area contributed by atoms with Gasteiger partial charge in [-0.05, 0) is 18.2 Å². The van der Waals surface area contributed by atoms with Crippen LogP contribution in [0, 0.1) is 10.1 Å². The highest BCUT2D eigenvalue weighted by Gasteiger charge is 2.10.